The number of benzene rings is 2. The van der Waals surface area contributed by atoms with Crippen molar-refractivity contribution in [2.45, 2.75) is 26.5 Å². The first-order chi connectivity index (χ1) is 13.3. The quantitative estimate of drug-likeness (QED) is 0.725. The van der Waals surface area contributed by atoms with Gasteiger partial charge in [-0.1, -0.05) is 36.4 Å². The number of fused-ring (bicyclic) bond motifs is 1. The summed E-state index contributed by atoms with van der Waals surface area (Å²) >= 11 is 0. The first-order valence-corrected chi connectivity index (χ1v) is 9.31. The zero-order valence-corrected chi connectivity index (χ0v) is 15.6. The third kappa shape index (κ3) is 4.63. The highest BCUT2D eigenvalue weighted by Gasteiger charge is 2.16. The van der Waals surface area contributed by atoms with Gasteiger partial charge in [-0.25, -0.2) is 9.97 Å². The Balaban J connectivity index is 1.36. The molecule has 5 nitrogen and oxygen atoms in total. The lowest BCUT2D eigenvalue weighted by Crippen LogP contribution is -2.34. The van der Waals surface area contributed by atoms with Gasteiger partial charge in [-0.2, -0.15) is 0 Å². The Hall–Kier alpha value is -2.92. The number of nitrogens with one attached hydrogen (secondary N) is 1. The van der Waals surface area contributed by atoms with Gasteiger partial charge < -0.3 is 10.1 Å². The first-order valence-electron chi connectivity index (χ1n) is 9.31. The minimum Gasteiger partial charge on any atom is -0.489 e. The molecule has 2 heterocycles. The van der Waals surface area contributed by atoms with Crippen molar-refractivity contribution in [2.24, 2.45) is 0 Å². The lowest BCUT2D eigenvalue weighted by molar-refractivity contribution is 0.269. The van der Waals surface area contributed by atoms with Gasteiger partial charge in [0.15, 0.2) is 0 Å². The normalized spacial score (nSPS) is 13.8. The highest BCUT2D eigenvalue weighted by Crippen LogP contribution is 2.24. The van der Waals surface area contributed by atoms with Crippen LogP contribution in [0, 0.1) is 6.92 Å². The van der Waals surface area contributed by atoms with Crippen LogP contribution in [0.15, 0.2) is 60.8 Å². The van der Waals surface area contributed by atoms with E-state index in [2.05, 4.69) is 50.5 Å². The van der Waals surface area contributed by atoms with E-state index < -0.39 is 0 Å². The van der Waals surface area contributed by atoms with Gasteiger partial charge in [-0.15, -0.1) is 0 Å². The van der Waals surface area contributed by atoms with E-state index >= 15 is 0 Å². The van der Waals surface area contributed by atoms with Gasteiger partial charge in [-0.05, 0) is 48.2 Å². The summed E-state index contributed by atoms with van der Waals surface area (Å²) in [7, 11) is 0. The zero-order valence-electron chi connectivity index (χ0n) is 15.6. The lowest BCUT2D eigenvalue weighted by atomic mass is 10.00. The topological polar surface area (TPSA) is 50.3 Å². The first kappa shape index (κ1) is 17.5. The molecule has 5 heteroatoms. The second-order valence-corrected chi connectivity index (χ2v) is 6.83. The summed E-state index contributed by atoms with van der Waals surface area (Å²) in [4.78, 5) is 10.9. The molecule has 0 radical (unpaired) electrons. The zero-order chi connectivity index (χ0) is 18.5. The van der Waals surface area contributed by atoms with Crippen molar-refractivity contribution in [1.29, 1.82) is 0 Å². The maximum Gasteiger partial charge on any atom is 0.130 e. The van der Waals surface area contributed by atoms with Gasteiger partial charge in [0.25, 0.3) is 0 Å². The second-order valence-electron chi connectivity index (χ2n) is 6.83. The molecule has 0 atom stereocenters. The molecule has 3 aromatic rings. The van der Waals surface area contributed by atoms with E-state index in [9.17, 15) is 0 Å². The average molecular weight is 360 g/mol. The van der Waals surface area contributed by atoms with E-state index in [0.29, 0.717) is 6.61 Å². The number of hydrogen-bond donors (Lipinski definition) is 1. The molecule has 0 saturated carbocycles. The van der Waals surface area contributed by atoms with Gasteiger partial charge in [-0.3, -0.25) is 4.90 Å². The van der Waals surface area contributed by atoms with Crippen molar-refractivity contribution in [3.8, 4) is 5.75 Å². The van der Waals surface area contributed by atoms with E-state index in [1.54, 1.807) is 6.20 Å². The maximum absolute atomic E-state index is 5.98. The number of nitrogens with zero attached hydrogens (tertiary/aromatic N) is 3. The largest absolute Gasteiger partial charge is 0.489 e. The number of aromatic nitrogens is 2. The fraction of sp³-hybridized carbons (Fsp3) is 0.273. The van der Waals surface area contributed by atoms with Crippen molar-refractivity contribution in [2.75, 3.05) is 18.5 Å². The van der Waals surface area contributed by atoms with Crippen molar-refractivity contribution < 1.29 is 4.74 Å². The van der Waals surface area contributed by atoms with E-state index in [1.807, 2.05) is 31.2 Å². The van der Waals surface area contributed by atoms with Crippen LogP contribution in [0.4, 0.5) is 5.82 Å². The third-order valence-electron chi connectivity index (χ3n) is 4.78. The van der Waals surface area contributed by atoms with E-state index in [4.69, 9.17) is 4.74 Å². The summed E-state index contributed by atoms with van der Waals surface area (Å²) in [6.07, 6.45) is 2.84. The number of hydrogen-bond acceptors (Lipinski definition) is 5. The lowest BCUT2D eigenvalue weighted by Gasteiger charge is -2.29. The fourth-order valence-corrected chi connectivity index (χ4v) is 3.30. The molecule has 1 aliphatic heterocycles. The van der Waals surface area contributed by atoms with Crippen LogP contribution in [-0.4, -0.2) is 28.1 Å². The van der Waals surface area contributed by atoms with Crippen LogP contribution in [0.5, 0.6) is 5.75 Å². The Morgan fingerprint density at radius 2 is 1.96 bits per heavy atom. The molecule has 1 N–H and O–H groups in total. The van der Waals surface area contributed by atoms with Crippen molar-refractivity contribution >= 4 is 5.82 Å². The Kier molecular flexibility index (Phi) is 5.30. The molecule has 0 aliphatic carbocycles. The standard InChI is InChI=1S/C22H24N4O/c1-17-23-11-9-22(25-17)24-16-26-12-10-19-7-8-21(13-20(19)14-26)27-15-18-5-3-2-4-6-18/h2-9,11,13H,10,12,14-16H2,1H3,(H,23,24,25). The molecule has 1 aliphatic rings. The number of rotatable bonds is 6. The van der Waals surface area contributed by atoms with Crippen LogP contribution in [0.2, 0.25) is 0 Å². The molecule has 138 valence electrons. The van der Waals surface area contributed by atoms with Crippen LogP contribution in [0.1, 0.15) is 22.5 Å². The molecule has 4 rings (SSSR count). The van der Waals surface area contributed by atoms with E-state index in [-0.39, 0.29) is 0 Å². The van der Waals surface area contributed by atoms with Gasteiger partial charge in [0, 0.05) is 19.3 Å². The van der Waals surface area contributed by atoms with Crippen molar-refractivity contribution in [1.82, 2.24) is 14.9 Å². The minimum absolute atomic E-state index is 0.595. The van der Waals surface area contributed by atoms with Crippen LogP contribution in [0.25, 0.3) is 0 Å². The molecule has 27 heavy (non-hydrogen) atoms. The number of anilines is 1. The van der Waals surface area contributed by atoms with Crippen LogP contribution in [-0.2, 0) is 19.6 Å². The molecule has 0 spiro atoms. The summed E-state index contributed by atoms with van der Waals surface area (Å²) in [6.45, 7) is 5.21. The average Bonchev–Trinajstić information content (AvgIpc) is 2.71. The highest BCUT2D eigenvalue weighted by atomic mass is 16.5. The molecule has 1 aromatic heterocycles. The summed E-state index contributed by atoms with van der Waals surface area (Å²) in [6, 6.07) is 18.6. The molecule has 0 saturated heterocycles. The van der Waals surface area contributed by atoms with Gasteiger partial charge in [0.1, 0.15) is 24.0 Å². The van der Waals surface area contributed by atoms with E-state index in [0.717, 1.165) is 43.6 Å². The van der Waals surface area contributed by atoms with Crippen molar-refractivity contribution in [3.63, 3.8) is 0 Å². The summed E-state index contributed by atoms with van der Waals surface area (Å²) in [5.41, 5.74) is 3.94. The molecular formula is C22H24N4O. The summed E-state index contributed by atoms with van der Waals surface area (Å²) in [5, 5.41) is 3.39. The van der Waals surface area contributed by atoms with Crippen LogP contribution in [0.3, 0.4) is 0 Å². The highest BCUT2D eigenvalue weighted by molar-refractivity contribution is 5.38. The Morgan fingerprint density at radius 1 is 1.07 bits per heavy atom. The van der Waals surface area contributed by atoms with Gasteiger partial charge >= 0.3 is 0 Å². The molecule has 0 fully saturated rings. The molecule has 0 unspecified atom stereocenters. The summed E-state index contributed by atoms with van der Waals surface area (Å²) < 4.78 is 5.98. The number of ether oxygens (including phenoxy) is 1. The molecule has 0 amide bonds. The van der Waals surface area contributed by atoms with Gasteiger partial charge in [0.2, 0.25) is 0 Å². The number of aryl methyl sites for hydroxylation is 1. The minimum atomic E-state index is 0.595. The SMILES string of the molecule is Cc1nccc(NCN2CCc3ccc(OCc4ccccc4)cc3C2)n1. The maximum atomic E-state index is 5.98. The van der Waals surface area contributed by atoms with Crippen molar-refractivity contribution in [3.05, 3.63) is 83.3 Å². The molecular weight excluding hydrogens is 336 g/mol. The third-order valence-corrected chi connectivity index (χ3v) is 4.78. The Bertz CT molecular complexity index is 898. The van der Waals surface area contributed by atoms with Crippen LogP contribution >= 0.6 is 0 Å². The van der Waals surface area contributed by atoms with Crippen LogP contribution < -0.4 is 10.1 Å². The molecule has 0 bridgehead atoms. The fourth-order valence-electron chi connectivity index (χ4n) is 3.30. The summed E-state index contributed by atoms with van der Waals surface area (Å²) in [5.74, 6) is 2.58. The van der Waals surface area contributed by atoms with E-state index in [1.165, 1.54) is 16.7 Å². The molecule has 2 aromatic carbocycles. The Labute approximate surface area is 160 Å². The Morgan fingerprint density at radius 3 is 2.81 bits per heavy atom. The van der Waals surface area contributed by atoms with Gasteiger partial charge in [0.05, 0.1) is 6.67 Å². The predicted octanol–water partition coefficient (Wildman–Crippen LogP) is 3.79. The monoisotopic (exact) mass is 360 g/mol. The predicted molar refractivity (Wildman–Crippen MR) is 107 cm³/mol. The second kappa shape index (κ2) is 8.18. The smallest absolute Gasteiger partial charge is 0.130 e.